The third-order valence-corrected chi connectivity index (χ3v) is 3.22. The molecule has 1 aromatic carbocycles. The number of hydrogen-bond acceptors (Lipinski definition) is 4. The zero-order valence-corrected chi connectivity index (χ0v) is 9.74. The molecule has 0 atom stereocenters. The van der Waals surface area contributed by atoms with Crippen molar-refractivity contribution >= 4 is 16.3 Å². The molecule has 4 nitrogen and oxygen atoms in total. The van der Waals surface area contributed by atoms with Crippen LogP contribution in [0.15, 0.2) is 30.5 Å². The predicted molar refractivity (Wildman–Crippen MR) is 62.8 cm³/mol. The zero-order chi connectivity index (χ0) is 11.8. The fraction of sp³-hybridized carbons (Fsp3) is 0.0909. The second-order valence-electron chi connectivity index (χ2n) is 3.43. The summed E-state index contributed by atoms with van der Waals surface area (Å²) >= 11 is 1.36. The molecule has 0 radical (unpaired) electrons. The predicted octanol–water partition coefficient (Wildman–Crippen LogP) is 2.61. The molecule has 0 saturated heterocycles. The lowest BCUT2D eigenvalue weighted by molar-refractivity contribution is 0.405. The molecule has 3 rings (SSSR count). The highest BCUT2D eigenvalue weighted by Crippen LogP contribution is 2.25. The van der Waals surface area contributed by atoms with Crippen LogP contribution in [0.3, 0.4) is 0 Å². The summed E-state index contributed by atoms with van der Waals surface area (Å²) in [6, 6.07) is 6.21. The Kier molecular flexibility index (Phi) is 2.29. The minimum absolute atomic E-state index is 0.255. The lowest BCUT2D eigenvalue weighted by Crippen LogP contribution is -1.84. The topological polar surface area (TPSA) is 39.4 Å². The van der Waals surface area contributed by atoms with Crippen molar-refractivity contribution in [1.29, 1.82) is 0 Å². The van der Waals surface area contributed by atoms with E-state index in [-0.39, 0.29) is 5.82 Å². The first-order chi connectivity index (χ1) is 8.26. The van der Waals surface area contributed by atoms with Crippen LogP contribution in [0.25, 0.3) is 16.2 Å². The number of imidazole rings is 1. The molecule has 0 aliphatic carbocycles. The van der Waals surface area contributed by atoms with E-state index in [9.17, 15) is 4.39 Å². The van der Waals surface area contributed by atoms with Gasteiger partial charge in [0.05, 0.1) is 19.0 Å². The summed E-state index contributed by atoms with van der Waals surface area (Å²) in [6.45, 7) is 0. The number of rotatable bonds is 2. The minimum Gasteiger partial charge on any atom is -0.472 e. The third kappa shape index (κ3) is 1.76. The third-order valence-electron chi connectivity index (χ3n) is 2.34. The van der Waals surface area contributed by atoms with Crippen molar-refractivity contribution in [1.82, 2.24) is 14.6 Å². The molecule has 0 aliphatic heterocycles. The van der Waals surface area contributed by atoms with Crippen molar-refractivity contribution in [3.05, 3.63) is 36.3 Å². The maximum atomic E-state index is 12.8. The van der Waals surface area contributed by atoms with Crippen LogP contribution in [0.4, 0.5) is 4.39 Å². The Hall–Kier alpha value is -1.95. The molecule has 0 aliphatic rings. The van der Waals surface area contributed by atoms with Crippen molar-refractivity contribution in [3.8, 4) is 16.5 Å². The van der Waals surface area contributed by atoms with Crippen LogP contribution < -0.4 is 4.74 Å². The SMILES string of the molecule is COc1nn2cc(-c3ccc(F)cc3)nc2s1. The van der Waals surface area contributed by atoms with Gasteiger partial charge in [-0.05, 0) is 35.6 Å². The van der Waals surface area contributed by atoms with E-state index in [0.29, 0.717) is 5.19 Å². The quantitative estimate of drug-likeness (QED) is 0.700. The second kappa shape index (κ2) is 3.81. The van der Waals surface area contributed by atoms with E-state index in [1.54, 1.807) is 30.0 Å². The molecular weight excluding hydrogens is 241 g/mol. The molecule has 2 heterocycles. The average molecular weight is 249 g/mol. The van der Waals surface area contributed by atoms with Crippen LogP contribution in [0.5, 0.6) is 5.19 Å². The van der Waals surface area contributed by atoms with E-state index in [2.05, 4.69) is 10.1 Å². The summed E-state index contributed by atoms with van der Waals surface area (Å²) < 4.78 is 19.5. The maximum Gasteiger partial charge on any atom is 0.294 e. The number of methoxy groups -OCH3 is 1. The molecule has 17 heavy (non-hydrogen) atoms. The molecule has 0 saturated carbocycles. The number of halogens is 1. The molecule has 0 spiro atoms. The second-order valence-corrected chi connectivity index (χ2v) is 4.35. The van der Waals surface area contributed by atoms with Gasteiger partial charge in [0.25, 0.3) is 5.19 Å². The summed E-state index contributed by atoms with van der Waals surface area (Å²) in [6.07, 6.45) is 1.79. The summed E-state index contributed by atoms with van der Waals surface area (Å²) in [7, 11) is 1.57. The van der Waals surface area contributed by atoms with Gasteiger partial charge in [0.15, 0.2) is 0 Å². The van der Waals surface area contributed by atoms with Gasteiger partial charge in [-0.25, -0.2) is 13.9 Å². The summed E-state index contributed by atoms with van der Waals surface area (Å²) in [5.74, 6) is -0.255. The molecule has 0 unspecified atom stereocenters. The van der Waals surface area contributed by atoms with E-state index in [1.807, 2.05) is 0 Å². The highest BCUT2D eigenvalue weighted by atomic mass is 32.1. The van der Waals surface area contributed by atoms with Crippen LogP contribution in [0.2, 0.25) is 0 Å². The van der Waals surface area contributed by atoms with Gasteiger partial charge in [-0.1, -0.05) is 0 Å². The van der Waals surface area contributed by atoms with Gasteiger partial charge in [0, 0.05) is 5.56 Å². The Morgan fingerprint density at radius 2 is 2.06 bits per heavy atom. The van der Waals surface area contributed by atoms with Crippen molar-refractivity contribution in [2.75, 3.05) is 7.11 Å². The highest BCUT2D eigenvalue weighted by molar-refractivity contribution is 7.18. The van der Waals surface area contributed by atoms with Crippen LogP contribution in [0, 0.1) is 5.82 Å². The normalized spacial score (nSPS) is 10.9. The van der Waals surface area contributed by atoms with Crippen molar-refractivity contribution in [3.63, 3.8) is 0 Å². The maximum absolute atomic E-state index is 12.8. The van der Waals surface area contributed by atoms with Crippen LogP contribution in [-0.4, -0.2) is 21.7 Å². The average Bonchev–Trinajstić information content (AvgIpc) is 2.87. The number of aromatic nitrogens is 3. The minimum atomic E-state index is -0.255. The number of fused-ring (bicyclic) bond motifs is 1. The first-order valence-electron chi connectivity index (χ1n) is 4.92. The Bertz CT molecular complexity index is 627. The van der Waals surface area contributed by atoms with Gasteiger partial charge in [0.2, 0.25) is 4.96 Å². The van der Waals surface area contributed by atoms with Gasteiger partial charge >= 0.3 is 0 Å². The number of benzene rings is 1. The van der Waals surface area contributed by atoms with E-state index < -0.39 is 0 Å². The smallest absolute Gasteiger partial charge is 0.294 e. The standard InChI is InChI=1S/C11H8FN3OS/c1-16-11-14-15-6-9(13-10(15)17-11)7-2-4-8(12)5-3-7/h2-6H,1H3. The molecule has 6 heteroatoms. The molecule has 0 fully saturated rings. The summed E-state index contributed by atoms with van der Waals surface area (Å²) in [4.78, 5) is 5.15. The monoisotopic (exact) mass is 249 g/mol. The fourth-order valence-electron chi connectivity index (χ4n) is 1.52. The van der Waals surface area contributed by atoms with Crippen LogP contribution >= 0.6 is 11.3 Å². The Morgan fingerprint density at radius 3 is 2.71 bits per heavy atom. The Morgan fingerprint density at radius 1 is 1.29 bits per heavy atom. The van der Waals surface area contributed by atoms with Gasteiger partial charge in [-0.15, -0.1) is 5.10 Å². The first kappa shape index (κ1) is 10.2. The molecule has 2 aromatic heterocycles. The largest absolute Gasteiger partial charge is 0.472 e. The van der Waals surface area contributed by atoms with Gasteiger partial charge in [-0.3, -0.25) is 0 Å². The lowest BCUT2D eigenvalue weighted by Gasteiger charge is -1.94. The Balaban J connectivity index is 2.06. The Labute approximate surface area is 100 Å². The molecule has 0 bridgehead atoms. The summed E-state index contributed by atoms with van der Waals surface area (Å²) in [5, 5.41) is 4.74. The zero-order valence-electron chi connectivity index (χ0n) is 8.92. The molecule has 0 amide bonds. The summed E-state index contributed by atoms with van der Waals surface area (Å²) in [5.41, 5.74) is 1.63. The van der Waals surface area contributed by atoms with E-state index in [0.717, 1.165) is 16.2 Å². The molecule has 3 aromatic rings. The van der Waals surface area contributed by atoms with Gasteiger partial charge in [0.1, 0.15) is 5.82 Å². The number of hydrogen-bond donors (Lipinski definition) is 0. The number of ether oxygens (including phenoxy) is 1. The van der Waals surface area contributed by atoms with Gasteiger partial charge < -0.3 is 4.74 Å². The van der Waals surface area contributed by atoms with E-state index in [4.69, 9.17) is 4.74 Å². The fourth-order valence-corrected chi connectivity index (χ4v) is 2.22. The van der Waals surface area contributed by atoms with Crippen molar-refractivity contribution < 1.29 is 9.13 Å². The van der Waals surface area contributed by atoms with E-state index >= 15 is 0 Å². The molecule has 86 valence electrons. The van der Waals surface area contributed by atoms with Gasteiger partial charge in [-0.2, -0.15) is 0 Å². The van der Waals surface area contributed by atoms with Crippen LogP contribution in [0.1, 0.15) is 0 Å². The van der Waals surface area contributed by atoms with Crippen molar-refractivity contribution in [2.24, 2.45) is 0 Å². The lowest BCUT2D eigenvalue weighted by atomic mass is 10.2. The molecular formula is C11H8FN3OS. The van der Waals surface area contributed by atoms with Crippen molar-refractivity contribution in [2.45, 2.75) is 0 Å². The molecule has 0 N–H and O–H groups in total. The highest BCUT2D eigenvalue weighted by Gasteiger charge is 2.09. The van der Waals surface area contributed by atoms with E-state index in [1.165, 1.54) is 23.5 Å². The first-order valence-corrected chi connectivity index (χ1v) is 5.74. The number of nitrogens with zero attached hydrogens (tertiary/aromatic N) is 3. The van der Waals surface area contributed by atoms with Crippen LogP contribution in [-0.2, 0) is 0 Å².